The van der Waals surface area contributed by atoms with E-state index in [-0.39, 0.29) is 12.0 Å². The lowest BCUT2D eigenvalue weighted by atomic mass is 10.0. The average Bonchev–Trinajstić information content (AvgIpc) is 2.80. The maximum atomic E-state index is 12.7. The Balaban J connectivity index is 1.81. The molecule has 0 aliphatic carbocycles. The van der Waals surface area contributed by atoms with E-state index in [1.165, 1.54) is 31.0 Å². The summed E-state index contributed by atoms with van der Waals surface area (Å²) < 4.78 is 7.97. The second kappa shape index (κ2) is 9.86. The third-order valence-electron chi connectivity index (χ3n) is 5.17. The molecule has 1 heterocycles. The van der Waals surface area contributed by atoms with Crippen LogP contribution in [-0.2, 0) is 25.3 Å². The molecule has 0 bridgehead atoms. The Labute approximate surface area is 197 Å². The molecule has 33 heavy (non-hydrogen) atoms. The smallest absolute Gasteiger partial charge is 0.330 e. The third-order valence-corrected chi connectivity index (χ3v) is 5.86. The summed E-state index contributed by atoms with van der Waals surface area (Å²) in [6.45, 7) is 0. The van der Waals surface area contributed by atoms with Crippen molar-refractivity contribution in [2.75, 3.05) is 7.11 Å². The van der Waals surface area contributed by atoms with Gasteiger partial charge in [0, 0.05) is 31.2 Å². The number of carbonyl (C=O) groups is 2. The van der Waals surface area contributed by atoms with Crippen molar-refractivity contribution in [2.24, 2.45) is 14.1 Å². The van der Waals surface area contributed by atoms with Gasteiger partial charge < -0.3 is 19.7 Å². The molecule has 2 aromatic carbocycles. The maximum absolute atomic E-state index is 12.7. The normalized spacial score (nSPS) is 11.6. The number of methoxy groups -OCH3 is 1. The summed E-state index contributed by atoms with van der Waals surface area (Å²) in [5, 5.41) is 12.2. The van der Waals surface area contributed by atoms with Crippen LogP contribution < -0.4 is 21.3 Å². The maximum Gasteiger partial charge on any atom is 0.330 e. The second-order valence-electron chi connectivity index (χ2n) is 7.41. The first-order valence-electron chi connectivity index (χ1n) is 9.85. The Morgan fingerprint density at radius 1 is 1.12 bits per heavy atom. The molecule has 3 aromatic rings. The third kappa shape index (κ3) is 5.23. The van der Waals surface area contributed by atoms with Crippen molar-refractivity contribution < 1.29 is 19.4 Å². The number of aliphatic carboxylic acids is 1. The Bertz CT molecular complexity index is 1330. The van der Waals surface area contributed by atoms with Gasteiger partial charge in [-0.15, -0.1) is 0 Å². The molecule has 10 heteroatoms. The number of nitrogens with zero attached hydrogens (tertiary/aromatic N) is 2. The zero-order valence-electron chi connectivity index (χ0n) is 18.2. The van der Waals surface area contributed by atoms with Crippen molar-refractivity contribution in [3.63, 3.8) is 0 Å². The Kier molecular flexibility index (Phi) is 7.17. The number of halogens is 1. The summed E-state index contributed by atoms with van der Waals surface area (Å²) >= 11 is 3.29. The van der Waals surface area contributed by atoms with Gasteiger partial charge in [-0.05, 0) is 45.3 Å². The number of aromatic nitrogens is 2. The average molecular weight is 516 g/mol. The monoisotopic (exact) mass is 515 g/mol. The highest BCUT2D eigenvalue weighted by Gasteiger charge is 2.23. The van der Waals surface area contributed by atoms with E-state index in [1.807, 2.05) is 0 Å². The molecule has 1 amide bonds. The molecule has 172 valence electrons. The minimum atomic E-state index is -1.18. The molecule has 1 atom stereocenters. The van der Waals surface area contributed by atoms with Gasteiger partial charge in [0.2, 0.25) is 0 Å². The zero-order valence-corrected chi connectivity index (χ0v) is 19.8. The van der Waals surface area contributed by atoms with Crippen LogP contribution >= 0.6 is 15.9 Å². The van der Waals surface area contributed by atoms with Crippen LogP contribution in [0.5, 0.6) is 5.75 Å². The number of amides is 1. The molecule has 1 aromatic heterocycles. The minimum absolute atomic E-state index is 0.0359. The predicted molar refractivity (Wildman–Crippen MR) is 126 cm³/mol. The number of carbonyl (C=O) groups excluding carboxylic acids is 1. The SMILES string of the molecule is COc1ccc(Br)c(C(=O)NC(Cc2ccc(-c3cn(C)c(=O)n(C)c3=O)cc2)C(=O)O)c1. The van der Waals surface area contributed by atoms with Gasteiger partial charge in [0.05, 0.1) is 18.2 Å². The van der Waals surface area contributed by atoms with Crippen LogP contribution in [0.2, 0.25) is 0 Å². The fraction of sp³-hybridized carbons (Fsp3) is 0.217. The fourth-order valence-electron chi connectivity index (χ4n) is 3.30. The molecule has 0 saturated heterocycles. The van der Waals surface area contributed by atoms with E-state index in [4.69, 9.17) is 4.74 Å². The highest BCUT2D eigenvalue weighted by molar-refractivity contribution is 9.10. The zero-order chi connectivity index (χ0) is 24.3. The molecule has 2 N–H and O–H groups in total. The Morgan fingerprint density at radius 3 is 2.39 bits per heavy atom. The molecule has 3 rings (SSSR count). The first-order chi connectivity index (χ1) is 15.6. The predicted octanol–water partition coefficient (Wildman–Crippen LogP) is 1.95. The number of hydrogen-bond donors (Lipinski definition) is 2. The Morgan fingerprint density at radius 2 is 1.79 bits per heavy atom. The van der Waals surface area contributed by atoms with E-state index in [9.17, 15) is 24.3 Å². The molecule has 0 aliphatic heterocycles. The minimum Gasteiger partial charge on any atom is -0.497 e. The lowest BCUT2D eigenvalue weighted by molar-refractivity contribution is -0.139. The lowest BCUT2D eigenvalue weighted by Gasteiger charge is -2.16. The molecular weight excluding hydrogens is 494 g/mol. The molecule has 1 unspecified atom stereocenters. The van der Waals surface area contributed by atoms with Crippen LogP contribution in [0.25, 0.3) is 11.1 Å². The highest BCUT2D eigenvalue weighted by Crippen LogP contribution is 2.23. The van der Waals surface area contributed by atoms with Crippen molar-refractivity contribution in [3.8, 4) is 16.9 Å². The van der Waals surface area contributed by atoms with Gasteiger partial charge in [-0.2, -0.15) is 0 Å². The molecule has 0 saturated carbocycles. The number of aryl methyl sites for hydroxylation is 1. The van der Waals surface area contributed by atoms with E-state index in [1.54, 1.807) is 43.4 Å². The molecular formula is C23H22BrN3O6. The molecule has 0 fully saturated rings. The standard InChI is InChI=1S/C23H22BrN3O6/c1-26-12-17(21(29)27(2)23(26)32)14-6-4-13(5-7-14)10-19(22(30)31)25-20(28)16-11-15(33-3)8-9-18(16)24/h4-9,11-12,19H,10H2,1-3H3,(H,25,28)(H,30,31). The summed E-state index contributed by atoms with van der Waals surface area (Å²) in [6, 6.07) is 10.4. The van der Waals surface area contributed by atoms with Gasteiger partial charge in [0.15, 0.2) is 0 Å². The van der Waals surface area contributed by atoms with Crippen LogP contribution in [-0.4, -0.2) is 39.3 Å². The summed E-state index contributed by atoms with van der Waals surface area (Å²) in [6.07, 6.45) is 1.50. The van der Waals surface area contributed by atoms with Crippen molar-refractivity contribution in [1.82, 2.24) is 14.5 Å². The van der Waals surface area contributed by atoms with E-state index in [0.29, 0.717) is 26.9 Å². The number of carboxylic acids is 1. The molecule has 0 radical (unpaired) electrons. The topological polar surface area (TPSA) is 120 Å². The van der Waals surface area contributed by atoms with Gasteiger partial charge in [0.1, 0.15) is 11.8 Å². The van der Waals surface area contributed by atoms with Crippen LogP contribution in [0.4, 0.5) is 0 Å². The Hall–Kier alpha value is -3.66. The van der Waals surface area contributed by atoms with Crippen molar-refractivity contribution in [2.45, 2.75) is 12.5 Å². The summed E-state index contributed by atoms with van der Waals surface area (Å²) in [4.78, 5) is 48.8. The van der Waals surface area contributed by atoms with Gasteiger partial charge in [-0.25, -0.2) is 9.59 Å². The summed E-state index contributed by atoms with van der Waals surface area (Å²) in [7, 11) is 4.43. The van der Waals surface area contributed by atoms with Crippen LogP contribution in [0.1, 0.15) is 15.9 Å². The number of carboxylic acid groups (broad SMARTS) is 1. The summed E-state index contributed by atoms with van der Waals surface area (Å²) in [5.41, 5.74) is 0.982. The van der Waals surface area contributed by atoms with Crippen LogP contribution in [0.15, 0.2) is 62.7 Å². The van der Waals surface area contributed by atoms with Gasteiger partial charge in [0.25, 0.3) is 11.5 Å². The highest BCUT2D eigenvalue weighted by atomic mass is 79.9. The number of nitrogens with one attached hydrogen (secondary N) is 1. The fourth-order valence-corrected chi connectivity index (χ4v) is 3.73. The molecule has 0 aliphatic rings. The lowest BCUT2D eigenvalue weighted by Crippen LogP contribution is -2.42. The molecule has 9 nitrogen and oxygen atoms in total. The van der Waals surface area contributed by atoms with Gasteiger partial charge >= 0.3 is 11.7 Å². The first-order valence-corrected chi connectivity index (χ1v) is 10.6. The summed E-state index contributed by atoms with van der Waals surface area (Å²) in [5.74, 6) is -1.27. The van der Waals surface area contributed by atoms with E-state index in [0.717, 1.165) is 4.57 Å². The van der Waals surface area contributed by atoms with Crippen molar-refractivity contribution >= 4 is 27.8 Å². The largest absolute Gasteiger partial charge is 0.497 e. The van der Waals surface area contributed by atoms with Crippen LogP contribution in [0, 0.1) is 0 Å². The quantitative estimate of drug-likeness (QED) is 0.496. The molecule has 0 spiro atoms. The van der Waals surface area contributed by atoms with E-state index >= 15 is 0 Å². The van der Waals surface area contributed by atoms with Gasteiger partial charge in [-0.1, -0.05) is 24.3 Å². The van der Waals surface area contributed by atoms with E-state index in [2.05, 4.69) is 21.2 Å². The van der Waals surface area contributed by atoms with E-state index < -0.39 is 29.2 Å². The van der Waals surface area contributed by atoms with Crippen molar-refractivity contribution in [3.05, 3.63) is 85.1 Å². The number of hydrogen-bond acceptors (Lipinski definition) is 5. The van der Waals surface area contributed by atoms with Crippen LogP contribution in [0.3, 0.4) is 0 Å². The second-order valence-corrected chi connectivity index (χ2v) is 8.27. The van der Waals surface area contributed by atoms with Crippen molar-refractivity contribution in [1.29, 1.82) is 0 Å². The number of rotatable bonds is 7. The van der Waals surface area contributed by atoms with Gasteiger partial charge in [-0.3, -0.25) is 14.2 Å². The number of benzene rings is 2. The first kappa shape index (κ1) is 24.0. The number of ether oxygens (including phenoxy) is 1.